The minimum Gasteiger partial charge on any atom is -0.494 e. The number of carboxylic acid groups (broad SMARTS) is 1. The predicted molar refractivity (Wildman–Crippen MR) is 80.7 cm³/mol. The summed E-state index contributed by atoms with van der Waals surface area (Å²) in [6.45, 7) is 5.94. The fourth-order valence-electron chi connectivity index (χ4n) is 1.60. The number of hydrogen-bond acceptors (Lipinski definition) is 3. The third-order valence-corrected chi connectivity index (χ3v) is 2.54. The molecule has 0 spiro atoms. The minimum absolute atomic E-state index is 0.163. The van der Waals surface area contributed by atoms with Crippen LogP contribution in [0.15, 0.2) is 36.9 Å². The topological polar surface area (TPSA) is 78.9 Å². The van der Waals surface area contributed by atoms with Gasteiger partial charge >= 0.3 is 12.0 Å². The van der Waals surface area contributed by atoms with Gasteiger partial charge in [0.25, 0.3) is 0 Å². The Morgan fingerprint density at radius 1 is 1.38 bits per heavy atom. The van der Waals surface area contributed by atoms with Gasteiger partial charge in [-0.1, -0.05) is 13.0 Å². The fraction of sp³-hybridized carbons (Fsp3) is 0.333. The number of aliphatic carboxylic acids is 1. The van der Waals surface area contributed by atoms with Crippen molar-refractivity contribution in [3.8, 4) is 5.75 Å². The molecule has 6 heteroatoms. The molecule has 0 radical (unpaired) electrons. The number of hydrogen-bond donors (Lipinski definition) is 2. The molecular weight excluding hydrogens is 272 g/mol. The molecule has 0 fully saturated rings. The van der Waals surface area contributed by atoms with E-state index in [1.807, 2.05) is 6.92 Å². The molecule has 0 aliphatic carbocycles. The van der Waals surface area contributed by atoms with Gasteiger partial charge in [-0.15, -0.1) is 6.58 Å². The van der Waals surface area contributed by atoms with Crippen LogP contribution in [0.4, 0.5) is 10.5 Å². The second kappa shape index (κ2) is 8.63. The van der Waals surface area contributed by atoms with E-state index in [-0.39, 0.29) is 13.1 Å². The number of ether oxygens (including phenoxy) is 1. The highest BCUT2D eigenvalue weighted by Crippen LogP contribution is 2.16. The molecule has 0 unspecified atom stereocenters. The minimum atomic E-state index is -1.07. The first-order valence-corrected chi connectivity index (χ1v) is 6.68. The van der Waals surface area contributed by atoms with Crippen LogP contribution in [0, 0.1) is 0 Å². The Balaban J connectivity index is 2.63. The molecule has 0 atom stereocenters. The van der Waals surface area contributed by atoms with Gasteiger partial charge in [-0.3, -0.25) is 4.79 Å². The van der Waals surface area contributed by atoms with Crippen LogP contribution >= 0.6 is 0 Å². The Labute approximate surface area is 124 Å². The summed E-state index contributed by atoms with van der Waals surface area (Å²) >= 11 is 0. The summed E-state index contributed by atoms with van der Waals surface area (Å²) in [5, 5.41) is 11.4. The molecule has 6 nitrogen and oxygen atoms in total. The molecule has 0 aliphatic rings. The van der Waals surface area contributed by atoms with E-state index in [4.69, 9.17) is 9.84 Å². The Morgan fingerprint density at radius 3 is 2.57 bits per heavy atom. The van der Waals surface area contributed by atoms with Crippen molar-refractivity contribution in [2.75, 3.05) is 25.0 Å². The first-order chi connectivity index (χ1) is 10.1. The van der Waals surface area contributed by atoms with Crippen molar-refractivity contribution in [3.05, 3.63) is 36.9 Å². The highest BCUT2D eigenvalue weighted by atomic mass is 16.5. The van der Waals surface area contributed by atoms with Gasteiger partial charge in [0.2, 0.25) is 0 Å². The van der Waals surface area contributed by atoms with Gasteiger partial charge in [0.15, 0.2) is 0 Å². The molecule has 1 aromatic carbocycles. The van der Waals surface area contributed by atoms with Crippen molar-refractivity contribution in [1.82, 2.24) is 4.90 Å². The first kappa shape index (κ1) is 16.6. The van der Waals surface area contributed by atoms with Crippen molar-refractivity contribution in [3.63, 3.8) is 0 Å². The Hall–Kier alpha value is -2.50. The van der Waals surface area contributed by atoms with Crippen LogP contribution < -0.4 is 10.1 Å². The third-order valence-electron chi connectivity index (χ3n) is 2.54. The second-order valence-corrected chi connectivity index (χ2v) is 4.37. The Kier molecular flexibility index (Phi) is 6.80. The lowest BCUT2D eigenvalue weighted by molar-refractivity contribution is -0.137. The van der Waals surface area contributed by atoms with Crippen LogP contribution in [0.2, 0.25) is 0 Å². The normalized spacial score (nSPS) is 9.76. The van der Waals surface area contributed by atoms with Crippen LogP contribution in [0.3, 0.4) is 0 Å². The average molecular weight is 292 g/mol. The van der Waals surface area contributed by atoms with Crippen LogP contribution in [0.1, 0.15) is 13.3 Å². The number of anilines is 1. The van der Waals surface area contributed by atoms with E-state index in [1.54, 1.807) is 24.3 Å². The summed E-state index contributed by atoms with van der Waals surface area (Å²) in [5.74, 6) is -0.348. The van der Waals surface area contributed by atoms with Crippen LogP contribution in [0.25, 0.3) is 0 Å². The summed E-state index contributed by atoms with van der Waals surface area (Å²) in [4.78, 5) is 23.8. The molecule has 2 N–H and O–H groups in total. The molecule has 0 aromatic heterocycles. The zero-order chi connectivity index (χ0) is 15.7. The second-order valence-electron chi connectivity index (χ2n) is 4.37. The van der Waals surface area contributed by atoms with Crippen molar-refractivity contribution >= 4 is 17.7 Å². The number of urea groups is 1. The monoisotopic (exact) mass is 292 g/mol. The van der Waals surface area contributed by atoms with Gasteiger partial charge in [-0.2, -0.15) is 0 Å². The van der Waals surface area contributed by atoms with Crippen molar-refractivity contribution in [1.29, 1.82) is 0 Å². The lowest BCUT2D eigenvalue weighted by atomic mass is 10.3. The number of nitrogens with one attached hydrogen (secondary N) is 1. The summed E-state index contributed by atoms with van der Waals surface area (Å²) in [6, 6.07) is 6.42. The Morgan fingerprint density at radius 2 is 2.05 bits per heavy atom. The summed E-state index contributed by atoms with van der Waals surface area (Å²) in [5.41, 5.74) is 0.572. The number of carbonyl (C=O) groups excluding carboxylic acids is 1. The highest BCUT2D eigenvalue weighted by Gasteiger charge is 2.15. The van der Waals surface area contributed by atoms with Crippen molar-refractivity contribution < 1.29 is 19.4 Å². The number of carboxylic acids is 1. The maximum absolute atomic E-state index is 12.0. The smallest absolute Gasteiger partial charge is 0.323 e. The number of benzene rings is 1. The quantitative estimate of drug-likeness (QED) is 0.722. The number of nitrogens with zero attached hydrogens (tertiary/aromatic N) is 1. The van der Waals surface area contributed by atoms with E-state index >= 15 is 0 Å². The number of rotatable bonds is 8. The largest absolute Gasteiger partial charge is 0.494 e. The van der Waals surface area contributed by atoms with E-state index in [0.29, 0.717) is 12.3 Å². The summed E-state index contributed by atoms with van der Waals surface area (Å²) < 4.78 is 5.44. The fourth-order valence-corrected chi connectivity index (χ4v) is 1.60. The third kappa shape index (κ3) is 5.99. The van der Waals surface area contributed by atoms with E-state index in [0.717, 1.165) is 17.1 Å². The zero-order valence-electron chi connectivity index (χ0n) is 12.0. The summed E-state index contributed by atoms with van der Waals surface area (Å²) in [6.07, 6.45) is 2.40. The first-order valence-electron chi connectivity index (χ1n) is 6.68. The maximum Gasteiger partial charge on any atom is 0.323 e. The van der Waals surface area contributed by atoms with Gasteiger partial charge in [-0.05, 0) is 30.7 Å². The van der Waals surface area contributed by atoms with E-state index in [9.17, 15) is 9.59 Å². The lowest BCUT2D eigenvalue weighted by Gasteiger charge is -2.19. The van der Waals surface area contributed by atoms with Crippen molar-refractivity contribution in [2.24, 2.45) is 0 Å². The molecule has 1 rings (SSSR count). The van der Waals surface area contributed by atoms with Gasteiger partial charge < -0.3 is 20.1 Å². The van der Waals surface area contributed by atoms with E-state index < -0.39 is 12.0 Å². The molecule has 21 heavy (non-hydrogen) atoms. The highest BCUT2D eigenvalue weighted by molar-refractivity contribution is 5.91. The van der Waals surface area contributed by atoms with Gasteiger partial charge in [0, 0.05) is 12.2 Å². The van der Waals surface area contributed by atoms with E-state index in [1.165, 1.54) is 6.08 Å². The van der Waals surface area contributed by atoms with Crippen LogP contribution in [-0.2, 0) is 4.79 Å². The van der Waals surface area contributed by atoms with Crippen LogP contribution in [-0.4, -0.2) is 41.7 Å². The Bertz CT molecular complexity index is 485. The van der Waals surface area contributed by atoms with Crippen LogP contribution in [0.5, 0.6) is 5.75 Å². The SMILES string of the molecule is C=CCN(CC(=O)O)C(=O)Nc1ccc(OCCC)cc1. The summed E-state index contributed by atoms with van der Waals surface area (Å²) in [7, 11) is 0. The van der Waals surface area contributed by atoms with E-state index in [2.05, 4.69) is 11.9 Å². The van der Waals surface area contributed by atoms with Gasteiger partial charge in [0.05, 0.1) is 6.61 Å². The molecule has 114 valence electrons. The maximum atomic E-state index is 12.0. The molecule has 1 aromatic rings. The average Bonchev–Trinajstić information content (AvgIpc) is 2.45. The molecule has 0 saturated carbocycles. The zero-order valence-corrected chi connectivity index (χ0v) is 12.0. The molecule has 0 saturated heterocycles. The molecule has 0 bridgehead atoms. The lowest BCUT2D eigenvalue weighted by Crippen LogP contribution is -2.38. The van der Waals surface area contributed by atoms with Gasteiger partial charge in [0.1, 0.15) is 12.3 Å². The molecule has 2 amide bonds. The number of amides is 2. The van der Waals surface area contributed by atoms with Crippen molar-refractivity contribution in [2.45, 2.75) is 13.3 Å². The molecule has 0 aliphatic heterocycles. The molecule has 0 heterocycles. The standard InChI is InChI=1S/C15H20N2O4/c1-3-9-17(11-14(18)19)15(20)16-12-5-7-13(8-6-12)21-10-4-2/h3,5-8H,1,4,9-11H2,2H3,(H,16,20)(H,18,19). The predicted octanol–water partition coefficient (Wildman–Crippen LogP) is 2.58. The van der Waals surface area contributed by atoms with Gasteiger partial charge in [-0.25, -0.2) is 4.79 Å². The number of carbonyl (C=O) groups is 2. The molecular formula is C15H20N2O4.